The maximum Gasteiger partial charge on any atom is 0.0999 e. The zero-order valence-electron chi connectivity index (χ0n) is 9.01. The van der Waals surface area contributed by atoms with Crippen molar-refractivity contribution in [1.29, 1.82) is 10.5 Å². The third-order valence-electron chi connectivity index (χ3n) is 2.38. The Morgan fingerprint density at radius 3 is 2.59 bits per heavy atom. The fourth-order valence-electron chi connectivity index (χ4n) is 1.58. The molecule has 1 heterocycles. The third kappa shape index (κ3) is 2.25. The summed E-state index contributed by atoms with van der Waals surface area (Å²) < 4.78 is 0. The average molecular weight is 219 g/mol. The lowest BCUT2D eigenvalue weighted by Gasteiger charge is -2.00. The molecule has 3 nitrogen and oxygen atoms in total. The maximum absolute atomic E-state index is 9.16. The average Bonchev–Trinajstić information content (AvgIpc) is 2.89. The van der Waals surface area contributed by atoms with Crippen LogP contribution in [0.2, 0.25) is 0 Å². The van der Waals surface area contributed by atoms with Crippen LogP contribution in [-0.4, -0.2) is 4.98 Å². The molecule has 0 spiro atoms. The van der Waals surface area contributed by atoms with Crippen molar-refractivity contribution in [3.63, 3.8) is 0 Å². The summed E-state index contributed by atoms with van der Waals surface area (Å²) in [5.74, 6) is 0. The van der Waals surface area contributed by atoms with Crippen molar-refractivity contribution in [3.05, 3.63) is 59.4 Å². The van der Waals surface area contributed by atoms with Gasteiger partial charge in [-0.05, 0) is 24.3 Å². The molecule has 1 N–H and O–H groups in total. The van der Waals surface area contributed by atoms with Crippen LogP contribution in [0.5, 0.6) is 0 Å². The molecule has 1 aromatic carbocycles. The van der Waals surface area contributed by atoms with Crippen LogP contribution in [0.4, 0.5) is 0 Å². The molecule has 0 radical (unpaired) electrons. The first-order valence-electron chi connectivity index (χ1n) is 5.10. The second-order valence-corrected chi connectivity index (χ2v) is 3.45. The van der Waals surface area contributed by atoms with E-state index in [0.717, 1.165) is 5.69 Å². The van der Waals surface area contributed by atoms with Crippen molar-refractivity contribution in [2.24, 2.45) is 0 Å². The summed E-state index contributed by atoms with van der Waals surface area (Å²) in [5, 5.41) is 18.2. The number of nitrogens with one attached hydrogen (secondary N) is 1. The molecule has 0 atom stereocenters. The van der Waals surface area contributed by atoms with Gasteiger partial charge in [-0.2, -0.15) is 10.5 Å². The number of H-pyrrole nitrogens is 1. The van der Waals surface area contributed by atoms with Crippen LogP contribution in [0.15, 0.2) is 42.6 Å². The van der Waals surface area contributed by atoms with E-state index < -0.39 is 0 Å². The van der Waals surface area contributed by atoms with Crippen molar-refractivity contribution in [2.75, 3.05) is 0 Å². The predicted octanol–water partition coefficient (Wildman–Crippen LogP) is 2.95. The van der Waals surface area contributed by atoms with Crippen LogP contribution in [0.3, 0.4) is 0 Å². The summed E-state index contributed by atoms with van der Waals surface area (Å²) >= 11 is 0. The van der Waals surface area contributed by atoms with Crippen LogP contribution in [0, 0.1) is 22.7 Å². The minimum Gasteiger partial charge on any atom is -0.362 e. The topological polar surface area (TPSA) is 63.4 Å². The Morgan fingerprint density at radius 1 is 1.12 bits per heavy atom. The zero-order chi connectivity index (χ0) is 12.1. The first-order chi connectivity index (χ1) is 8.35. The molecule has 0 fully saturated rings. The van der Waals surface area contributed by atoms with E-state index in [2.05, 4.69) is 17.1 Å². The number of nitriles is 2. The number of allylic oxidation sites excluding steroid dienone is 1. The third-order valence-corrected chi connectivity index (χ3v) is 2.38. The van der Waals surface area contributed by atoms with Crippen molar-refractivity contribution in [2.45, 2.75) is 0 Å². The van der Waals surface area contributed by atoms with E-state index >= 15 is 0 Å². The number of rotatable bonds is 2. The van der Waals surface area contributed by atoms with Crippen molar-refractivity contribution >= 4 is 11.6 Å². The molecule has 3 heteroatoms. The molecule has 0 amide bonds. The van der Waals surface area contributed by atoms with Gasteiger partial charge in [0, 0.05) is 17.5 Å². The van der Waals surface area contributed by atoms with Gasteiger partial charge in [0.15, 0.2) is 0 Å². The lowest BCUT2D eigenvalue weighted by atomic mass is 10.0. The molecule has 0 aliphatic carbocycles. The zero-order valence-corrected chi connectivity index (χ0v) is 9.01. The largest absolute Gasteiger partial charge is 0.362 e. The second-order valence-electron chi connectivity index (χ2n) is 3.45. The minimum absolute atomic E-state index is 0.476. The fraction of sp³-hybridized carbons (Fsp3) is 0. The normalized spacial score (nSPS) is 10.6. The van der Waals surface area contributed by atoms with E-state index in [1.54, 1.807) is 30.5 Å². The standard InChI is InChI=1S/C14H9N3/c15-9-11-4-1-2-6-14(11)12(10-16)8-13-5-3-7-17-13/h1-8,17H/b12-8+. The van der Waals surface area contributed by atoms with E-state index in [1.807, 2.05) is 18.2 Å². The van der Waals surface area contributed by atoms with Gasteiger partial charge in [-0.3, -0.25) is 0 Å². The highest BCUT2D eigenvalue weighted by atomic mass is 14.7. The van der Waals surface area contributed by atoms with E-state index in [0.29, 0.717) is 16.7 Å². The van der Waals surface area contributed by atoms with Crippen LogP contribution < -0.4 is 0 Å². The molecule has 1 aromatic heterocycles. The number of aromatic nitrogens is 1. The highest BCUT2D eigenvalue weighted by Gasteiger charge is 2.06. The Hall–Kier alpha value is -2.78. The van der Waals surface area contributed by atoms with Gasteiger partial charge in [0.05, 0.1) is 23.3 Å². The molecule has 17 heavy (non-hydrogen) atoms. The minimum atomic E-state index is 0.476. The molecule has 0 aliphatic rings. The van der Waals surface area contributed by atoms with E-state index in [-0.39, 0.29) is 0 Å². The summed E-state index contributed by atoms with van der Waals surface area (Å²) in [5.41, 5.74) is 2.48. The van der Waals surface area contributed by atoms with Gasteiger partial charge in [0.2, 0.25) is 0 Å². The molecule has 2 rings (SSSR count). The Balaban J connectivity index is 2.51. The Bertz CT molecular complexity index is 622. The molecule has 0 saturated carbocycles. The summed E-state index contributed by atoms with van der Waals surface area (Å²) in [7, 11) is 0. The van der Waals surface area contributed by atoms with E-state index in [1.165, 1.54) is 0 Å². The summed E-state index contributed by atoms with van der Waals surface area (Å²) in [6.07, 6.45) is 3.52. The van der Waals surface area contributed by atoms with E-state index in [9.17, 15) is 0 Å². The first-order valence-corrected chi connectivity index (χ1v) is 5.10. The molecular formula is C14H9N3. The number of hydrogen-bond acceptors (Lipinski definition) is 2. The molecule has 0 bridgehead atoms. The molecular weight excluding hydrogens is 210 g/mol. The lowest BCUT2D eigenvalue weighted by Crippen LogP contribution is -1.87. The number of hydrogen-bond donors (Lipinski definition) is 1. The van der Waals surface area contributed by atoms with E-state index in [4.69, 9.17) is 10.5 Å². The highest BCUT2D eigenvalue weighted by molar-refractivity contribution is 5.90. The Kier molecular flexibility index (Phi) is 3.05. The van der Waals surface area contributed by atoms with Gasteiger partial charge < -0.3 is 4.98 Å². The Morgan fingerprint density at radius 2 is 1.94 bits per heavy atom. The number of nitrogens with zero attached hydrogens (tertiary/aromatic N) is 2. The van der Waals surface area contributed by atoms with Crippen LogP contribution in [0.25, 0.3) is 11.6 Å². The van der Waals surface area contributed by atoms with Crippen molar-refractivity contribution in [1.82, 2.24) is 4.98 Å². The Labute approximate surface area is 99.3 Å². The molecule has 0 aliphatic heterocycles. The van der Waals surface area contributed by atoms with Crippen LogP contribution >= 0.6 is 0 Å². The SMILES string of the molecule is N#C/C(=C\c1ccc[nH]1)c1ccccc1C#N. The monoisotopic (exact) mass is 219 g/mol. The van der Waals surface area contributed by atoms with Gasteiger partial charge in [-0.15, -0.1) is 0 Å². The van der Waals surface area contributed by atoms with Gasteiger partial charge >= 0.3 is 0 Å². The van der Waals surface area contributed by atoms with Gasteiger partial charge in [0.25, 0.3) is 0 Å². The number of aromatic amines is 1. The molecule has 2 aromatic rings. The van der Waals surface area contributed by atoms with Crippen LogP contribution in [-0.2, 0) is 0 Å². The van der Waals surface area contributed by atoms with Crippen molar-refractivity contribution < 1.29 is 0 Å². The predicted molar refractivity (Wildman–Crippen MR) is 65.4 cm³/mol. The fourth-order valence-corrected chi connectivity index (χ4v) is 1.58. The van der Waals surface area contributed by atoms with Gasteiger partial charge in [-0.25, -0.2) is 0 Å². The smallest absolute Gasteiger partial charge is 0.0999 e. The van der Waals surface area contributed by atoms with Crippen LogP contribution in [0.1, 0.15) is 16.8 Å². The first kappa shape index (κ1) is 10.7. The summed E-state index contributed by atoms with van der Waals surface area (Å²) in [4.78, 5) is 3.00. The number of benzene rings is 1. The second kappa shape index (κ2) is 4.83. The van der Waals surface area contributed by atoms with Gasteiger partial charge in [0.1, 0.15) is 0 Å². The molecule has 0 unspecified atom stereocenters. The van der Waals surface area contributed by atoms with Crippen molar-refractivity contribution in [3.8, 4) is 12.1 Å². The van der Waals surface area contributed by atoms with Gasteiger partial charge in [-0.1, -0.05) is 18.2 Å². The highest BCUT2D eigenvalue weighted by Crippen LogP contribution is 2.20. The summed E-state index contributed by atoms with van der Waals surface area (Å²) in [6.45, 7) is 0. The molecule has 0 saturated heterocycles. The maximum atomic E-state index is 9.16. The lowest BCUT2D eigenvalue weighted by molar-refractivity contribution is 1.37. The molecule has 80 valence electrons. The quantitative estimate of drug-likeness (QED) is 0.789. The summed E-state index contributed by atoms with van der Waals surface area (Å²) in [6, 6.07) is 15.0.